The van der Waals surface area contributed by atoms with Gasteiger partial charge in [-0.1, -0.05) is 76.4 Å². The van der Waals surface area contributed by atoms with Crippen LogP contribution in [0.1, 0.15) is 11.5 Å². The van der Waals surface area contributed by atoms with Gasteiger partial charge in [0.25, 0.3) is 0 Å². The molecule has 160 valence electrons. The van der Waals surface area contributed by atoms with Crippen LogP contribution in [0.3, 0.4) is 0 Å². The molecule has 0 aliphatic carbocycles. The molecule has 0 aliphatic rings. The zero-order valence-corrected chi connectivity index (χ0v) is 19.2. The number of benzene rings is 2. The molecule has 7 nitrogen and oxygen atoms in total. The fraction of sp³-hybridized carbons (Fsp3) is 0.238. The van der Waals surface area contributed by atoms with E-state index in [2.05, 4.69) is 31.9 Å². The summed E-state index contributed by atoms with van der Waals surface area (Å²) in [4.78, 5) is 0. The maximum atomic E-state index is 6.17. The lowest BCUT2D eigenvalue weighted by molar-refractivity contribution is 0.181. The van der Waals surface area contributed by atoms with Crippen LogP contribution in [-0.4, -0.2) is 38.1 Å². The van der Waals surface area contributed by atoms with Crippen molar-refractivity contribution in [1.29, 1.82) is 0 Å². The summed E-state index contributed by atoms with van der Waals surface area (Å²) in [5, 5.41) is 13.5. The van der Waals surface area contributed by atoms with Crippen molar-refractivity contribution in [2.75, 3.05) is 13.7 Å². The molecule has 31 heavy (non-hydrogen) atoms. The summed E-state index contributed by atoms with van der Waals surface area (Å²) in [6.07, 6.45) is 0. The molecule has 0 aliphatic heterocycles. The van der Waals surface area contributed by atoms with Gasteiger partial charge >= 0.3 is 0 Å². The van der Waals surface area contributed by atoms with Crippen LogP contribution in [0.15, 0.2) is 59.8 Å². The van der Waals surface area contributed by atoms with Crippen molar-refractivity contribution in [1.82, 2.24) is 24.4 Å². The molecule has 0 spiro atoms. The third-order valence-electron chi connectivity index (χ3n) is 4.49. The van der Waals surface area contributed by atoms with E-state index in [1.807, 2.05) is 47.0 Å². The van der Waals surface area contributed by atoms with Gasteiger partial charge in [0.05, 0.1) is 6.61 Å². The van der Waals surface area contributed by atoms with Crippen molar-refractivity contribution in [2.24, 2.45) is 0 Å². The van der Waals surface area contributed by atoms with E-state index in [9.17, 15) is 0 Å². The molecule has 2 aromatic carbocycles. The topological polar surface area (TPSA) is 75.0 Å². The fourth-order valence-electron chi connectivity index (χ4n) is 2.95. The molecule has 0 bridgehead atoms. The summed E-state index contributed by atoms with van der Waals surface area (Å²) < 4.78 is 17.9. The second kappa shape index (κ2) is 10.7. The minimum atomic E-state index is 0.292. The number of ether oxygens (including phenoxy) is 2. The van der Waals surface area contributed by atoms with Gasteiger partial charge in [0, 0.05) is 36.5 Å². The van der Waals surface area contributed by atoms with E-state index in [-0.39, 0.29) is 0 Å². The lowest BCUT2D eigenvalue weighted by Crippen LogP contribution is -2.12. The van der Waals surface area contributed by atoms with Gasteiger partial charge in [0.15, 0.2) is 11.0 Å². The zero-order chi connectivity index (χ0) is 21.5. The quantitative estimate of drug-likeness (QED) is 0.301. The van der Waals surface area contributed by atoms with E-state index in [1.54, 1.807) is 7.11 Å². The van der Waals surface area contributed by atoms with Gasteiger partial charge < -0.3 is 14.0 Å². The highest BCUT2D eigenvalue weighted by atomic mass is 35.5. The molecule has 10 heteroatoms. The Morgan fingerprint density at radius 1 is 1.03 bits per heavy atom. The lowest BCUT2D eigenvalue weighted by Gasteiger charge is -2.13. The first-order valence-electron chi connectivity index (χ1n) is 9.54. The zero-order valence-electron chi connectivity index (χ0n) is 16.8. The van der Waals surface area contributed by atoms with E-state index < -0.39 is 0 Å². The molecule has 0 radical (unpaired) electrons. The molecule has 0 saturated heterocycles. The Morgan fingerprint density at radius 3 is 2.61 bits per heavy atom. The normalized spacial score (nSPS) is 11.0. The Balaban J connectivity index is 1.51. The van der Waals surface area contributed by atoms with Gasteiger partial charge in [-0.2, -0.15) is 0 Å². The van der Waals surface area contributed by atoms with E-state index in [0.29, 0.717) is 29.8 Å². The number of thioether (sulfide) groups is 1. The van der Waals surface area contributed by atoms with Gasteiger partial charge in [0.1, 0.15) is 22.4 Å². The summed E-state index contributed by atoms with van der Waals surface area (Å²) in [6, 6.07) is 18.1. The summed E-state index contributed by atoms with van der Waals surface area (Å²) in [5.74, 6) is 2.09. The van der Waals surface area contributed by atoms with E-state index in [4.69, 9.17) is 21.1 Å². The predicted molar refractivity (Wildman–Crippen MR) is 123 cm³/mol. The molecular weight excluding hydrogens is 454 g/mol. The molecule has 4 rings (SSSR count). The molecule has 0 fully saturated rings. The Morgan fingerprint density at radius 2 is 1.84 bits per heavy atom. The highest BCUT2D eigenvalue weighted by molar-refractivity contribution is 7.98. The first kappa shape index (κ1) is 21.8. The number of nitrogens with zero attached hydrogens (tertiary/aromatic N) is 5. The minimum Gasteiger partial charge on any atom is -0.485 e. The number of para-hydroxylation sites is 1. The maximum Gasteiger partial charge on any atom is 0.191 e. The molecule has 0 N–H and O–H groups in total. The van der Waals surface area contributed by atoms with E-state index >= 15 is 0 Å². The van der Waals surface area contributed by atoms with Crippen molar-refractivity contribution >= 4 is 34.9 Å². The fourth-order valence-corrected chi connectivity index (χ4v) is 4.66. The molecule has 4 aromatic rings. The summed E-state index contributed by atoms with van der Waals surface area (Å²) in [5.41, 5.74) is 2.88. The summed E-state index contributed by atoms with van der Waals surface area (Å²) in [6.45, 7) is 1.45. The van der Waals surface area contributed by atoms with E-state index in [0.717, 1.165) is 33.6 Å². The Labute approximate surface area is 193 Å². The molecule has 0 amide bonds. The average Bonchev–Trinajstić information content (AvgIpc) is 3.40. The largest absolute Gasteiger partial charge is 0.485 e. The number of halogens is 1. The number of methoxy groups -OCH3 is 1. The molecule has 0 saturated carbocycles. The second-order valence-electron chi connectivity index (χ2n) is 6.48. The van der Waals surface area contributed by atoms with Crippen LogP contribution in [0.25, 0.3) is 11.1 Å². The van der Waals surface area contributed by atoms with Crippen molar-refractivity contribution < 1.29 is 9.47 Å². The third-order valence-corrected chi connectivity index (χ3v) is 6.45. The Kier molecular flexibility index (Phi) is 7.52. The molecule has 2 heterocycles. The first-order chi connectivity index (χ1) is 15.3. The smallest absolute Gasteiger partial charge is 0.191 e. The Bertz CT molecular complexity index is 1120. The average molecular weight is 474 g/mol. The van der Waals surface area contributed by atoms with Crippen molar-refractivity contribution in [3.8, 4) is 16.9 Å². The van der Waals surface area contributed by atoms with Crippen molar-refractivity contribution in [3.63, 3.8) is 0 Å². The van der Waals surface area contributed by atoms with Crippen LogP contribution in [0.2, 0.25) is 4.34 Å². The van der Waals surface area contributed by atoms with Crippen LogP contribution >= 0.6 is 34.9 Å². The van der Waals surface area contributed by atoms with Crippen LogP contribution in [0.4, 0.5) is 0 Å². The van der Waals surface area contributed by atoms with Gasteiger partial charge in [0.2, 0.25) is 0 Å². The number of aromatic nitrogens is 5. The number of hydrogen-bond acceptors (Lipinski definition) is 8. The molecular formula is C21H20ClN5O2S2. The summed E-state index contributed by atoms with van der Waals surface area (Å²) >= 11 is 8.80. The first-order valence-corrected chi connectivity index (χ1v) is 11.7. The number of rotatable bonds is 10. The predicted octanol–water partition coefficient (Wildman–Crippen LogP) is 4.97. The monoisotopic (exact) mass is 473 g/mol. The van der Waals surface area contributed by atoms with Gasteiger partial charge in [-0.15, -0.1) is 15.3 Å². The van der Waals surface area contributed by atoms with Crippen LogP contribution < -0.4 is 4.74 Å². The van der Waals surface area contributed by atoms with E-state index in [1.165, 1.54) is 23.3 Å². The van der Waals surface area contributed by atoms with Crippen molar-refractivity contribution in [3.05, 3.63) is 70.5 Å². The van der Waals surface area contributed by atoms with Crippen LogP contribution in [0.5, 0.6) is 5.75 Å². The number of hydrogen-bond donors (Lipinski definition) is 0. The third kappa shape index (κ3) is 5.43. The van der Waals surface area contributed by atoms with Crippen LogP contribution in [-0.2, 0) is 23.6 Å². The lowest BCUT2D eigenvalue weighted by atomic mass is 10.1. The standard InChI is InChI=1S/C21H20ClN5O2S2/c1-28-12-11-27-19(24-25-21(27)30-14-17-20(22)31-26-23-17)13-29-18-10-6-5-9-16(18)15-7-3-2-4-8-15/h2-10H,11-14H2,1H3. The minimum absolute atomic E-state index is 0.292. The highest BCUT2D eigenvalue weighted by Gasteiger charge is 2.16. The van der Waals surface area contributed by atoms with Crippen LogP contribution in [0, 0.1) is 0 Å². The van der Waals surface area contributed by atoms with Gasteiger partial charge in [-0.25, -0.2) is 0 Å². The SMILES string of the molecule is COCCn1c(COc2ccccc2-c2ccccc2)nnc1SCc1nnsc1Cl. The van der Waals surface area contributed by atoms with Gasteiger partial charge in [-0.05, 0) is 11.6 Å². The highest BCUT2D eigenvalue weighted by Crippen LogP contribution is 2.31. The van der Waals surface area contributed by atoms with Crippen molar-refractivity contribution in [2.45, 2.75) is 24.1 Å². The maximum absolute atomic E-state index is 6.17. The Hall–Kier alpha value is -2.46. The molecule has 0 unspecified atom stereocenters. The summed E-state index contributed by atoms with van der Waals surface area (Å²) in [7, 11) is 1.67. The molecule has 2 aromatic heterocycles. The van der Waals surface area contributed by atoms with Gasteiger partial charge in [-0.3, -0.25) is 0 Å². The second-order valence-corrected chi connectivity index (χ2v) is 8.77. The molecule has 0 atom stereocenters.